The maximum atomic E-state index is 12.3. The van der Waals surface area contributed by atoms with E-state index in [1.807, 2.05) is 6.92 Å². The van der Waals surface area contributed by atoms with Crippen LogP contribution in [0.25, 0.3) is 0 Å². The molecule has 22 heavy (non-hydrogen) atoms. The van der Waals surface area contributed by atoms with Gasteiger partial charge >= 0.3 is 0 Å². The predicted octanol–water partition coefficient (Wildman–Crippen LogP) is 1.92. The van der Waals surface area contributed by atoms with Crippen molar-refractivity contribution in [3.05, 3.63) is 18.1 Å². The van der Waals surface area contributed by atoms with E-state index in [9.17, 15) is 4.79 Å². The van der Waals surface area contributed by atoms with Crippen molar-refractivity contribution in [2.45, 2.75) is 45.1 Å². The Labute approximate surface area is 131 Å². The smallest absolute Gasteiger partial charge is 0.223 e. The number of rotatable bonds is 4. The molecule has 2 heterocycles. The highest BCUT2D eigenvalue weighted by atomic mass is 16.2. The number of hydrogen-bond acceptors (Lipinski definition) is 4. The second-order valence-corrected chi connectivity index (χ2v) is 7.11. The Balaban J connectivity index is 1.48. The minimum Gasteiger partial charge on any atom is -0.353 e. The fraction of sp³-hybridized carbons (Fsp3) is 0.706. The van der Waals surface area contributed by atoms with Crippen LogP contribution in [-0.2, 0) is 4.79 Å². The van der Waals surface area contributed by atoms with Crippen molar-refractivity contribution in [1.82, 2.24) is 15.3 Å². The highest BCUT2D eigenvalue weighted by Gasteiger charge is 2.44. The van der Waals surface area contributed by atoms with E-state index in [2.05, 4.69) is 20.2 Å². The first-order chi connectivity index (χ1) is 10.7. The van der Waals surface area contributed by atoms with Gasteiger partial charge in [0.1, 0.15) is 5.82 Å². The van der Waals surface area contributed by atoms with Crippen LogP contribution in [0.5, 0.6) is 0 Å². The van der Waals surface area contributed by atoms with Gasteiger partial charge in [-0.3, -0.25) is 9.78 Å². The quantitative estimate of drug-likeness (QED) is 0.923. The van der Waals surface area contributed by atoms with Gasteiger partial charge in [0.2, 0.25) is 5.91 Å². The highest BCUT2D eigenvalue weighted by Crippen LogP contribution is 2.42. The third-order valence-corrected chi connectivity index (χ3v) is 5.55. The first-order valence-corrected chi connectivity index (χ1v) is 8.55. The monoisotopic (exact) mass is 300 g/mol. The first-order valence-electron chi connectivity index (χ1n) is 8.55. The molecule has 2 aliphatic carbocycles. The molecule has 3 aliphatic rings. The molecule has 0 aromatic carbocycles. The zero-order chi connectivity index (χ0) is 15.1. The minimum atomic E-state index is 0.271. The van der Waals surface area contributed by atoms with Crippen LogP contribution < -0.4 is 10.2 Å². The molecule has 118 valence electrons. The standard InChI is InChI=1S/C17H24N4O/c1-11-16(19-8-7-18-11)21-9-14(12-5-6-12)15(10-21)20-17(22)13-3-2-4-13/h7-8,12-15H,2-6,9-10H2,1H3,(H,20,22). The van der Waals surface area contributed by atoms with Gasteiger partial charge in [0.15, 0.2) is 0 Å². The van der Waals surface area contributed by atoms with Gasteiger partial charge in [0.25, 0.3) is 0 Å². The molecule has 1 aromatic rings. The van der Waals surface area contributed by atoms with Crippen LogP contribution in [0, 0.1) is 24.7 Å². The molecule has 1 aromatic heterocycles. The van der Waals surface area contributed by atoms with E-state index in [1.165, 1.54) is 19.3 Å². The third kappa shape index (κ3) is 2.57. The van der Waals surface area contributed by atoms with E-state index in [0.717, 1.165) is 43.4 Å². The molecule has 5 nitrogen and oxygen atoms in total. The molecule has 5 heteroatoms. The Kier molecular flexibility index (Phi) is 3.51. The minimum absolute atomic E-state index is 0.271. The number of aryl methyl sites for hydroxylation is 1. The normalized spacial score (nSPS) is 28.5. The van der Waals surface area contributed by atoms with Crippen molar-refractivity contribution in [2.24, 2.45) is 17.8 Å². The maximum absolute atomic E-state index is 12.3. The van der Waals surface area contributed by atoms with Crippen LogP contribution in [0.3, 0.4) is 0 Å². The lowest BCUT2D eigenvalue weighted by Gasteiger charge is -2.27. The van der Waals surface area contributed by atoms with Gasteiger partial charge in [-0.1, -0.05) is 6.42 Å². The number of anilines is 1. The third-order valence-electron chi connectivity index (χ3n) is 5.55. The fourth-order valence-corrected chi connectivity index (χ4v) is 3.84. The Morgan fingerprint density at radius 3 is 2.59 bits per heavy atom. The molecule has 1 saturated heterocycles. The van der Waals surface area contributed by atoms with E-state index < -0.39 is 0 Å². The predicted molar refractivity (Wildman–Crippen MR) is 84.5 cm³/mol. The molecule has 4 rings (SSSR count). The lowest BCUT2D eigenvalue weighted by Crippen LogP contribution is -2.45. The molecule has 3 fully saturated rings. The summed E-state index contributed by atoms with van der Waals surface area (Å²) >= 11 is 0. The largest absolute Gasteiger partial charge is 0.353 e. The van der Waals surface area contributed by atoms with E-state index >= 15 is 0 Å². The second-order valence-electron chi connectivity index (χ2n) is 7.11. The van der Waals surface area contributed by atoms with Gasteiger partial charge in [-0.05, 0) is 38.5 Å². The first kappa shape index (κ1) is 14.0. The summed E-state index contributed by atoms with van der Waals surface area (Å²) in [7, 11) is 0. The van der Waals surface area contributed by atoms with Crippen molar-refractivity contribution < 1.29 is 4.79 Å². The number of nitrogens with one attached hydrogen (secondary N) is 1. The Morgan fingerprint density at radius 2 is 1.95 bits per heavy atom. The average molecular weight is 300 g/mol. The van der Waals surface area contributed by atoms with Gasteiger partial charge in [-0.25, -0.2) is 4.98 Å². The summed E-state index contributed by atoms with van der Waals surface area (Å²) in [5.74, 6) is 2.89. The number of carbonyl (C=O) groups is 1. The molecule has 0 radical (unpaired) electrons. The molecule has 1 amide bonds. The van der Waals surface area contributed by atoms with E-state index in [-0.39, 0.29) is 17.9 Å². The van der Waals surface area contributed by atoms with Crippen LogP contribution >= 0.6 is 0 Å². The topological polar surface area (TPSA) is 58.1 Å². The summed E-state index contributed by atoms with van der Waals surface area (Å²) in [5, 5.41) is 3.34. The number of carbonyl (C=O) groups excluding carboxylic acids is 1. The van der Waals surface area contributed by atoms with Crippen molar-refractivity contribution >= 4 is 11.7 Å². The number of amides is 1. The molecule has 2 atom stereocenters. The van der Waals surface area contributed by atoms with Crippen molar-refractivity contribution in [2.75, 3.05) is 18.0 Å². The summed E-state index contributed by atoms with van der Waals surface area (Å²) < 4.78 is 0. The summed E-state index contributed by atoms with van der Waals surface area (Å²) in [6.07, 6.45) is 9.47. The summed E-state index contributed by atoms with van der Waals surface area (Å²) in [4.78, 5) is 23.5. The van der Waals surface area contributed by atoms with Crippen LogP contribution in [-0.4, -0.2) is 35.0 Å². The van der Waals surface area contributed by atoms with Gasteiger partial charge < -0.3 is 10.2 Å². The lowest BCUT2D eigenvalue weighted by atomic mass is 9.84. The second kappa shape index (κ2) is 5.52. The molecule has 0 bridgehead atoms. The van der Waals surface area contributed by atoms with Crippen LogP contribution in [0.1, 0.15) is 37.8 Å². The van der Waals surface area contributed by atoms with Crippen LogP contribution in [0.2, 0.25) is 0 Å². The summed E-state index contributed by atoms with van der Waals surface area (Å²) in [5.41, 5.74) is 0.975. The van der Waals surface area contributed by atoms with Crippen LogP contribution in [0.15, 0.2) is 12.4 Å². The van der Waals surface area contributed by atoms with Crippen molar-refractivity contribution in [3.63, 3.8) is 0 Å². The number of hydrogen-bond donors (Lipinski definition) is 1. The lowest BCUT2D eigenvalue weighted by molar-refractivity contribution is -0.128. The van der Waals surface area contributed by atoms with Gasteiger partial charge in [0.05, 0.1) is 11.7 Å². The van der Waals surface area contributed by atoms with Gasteiger partial charge in [-0.15, -0.1) is 0 Å². The van der Waals surface area contributed by atoms with Gasteiger partial charge in [0, 0.05) is 37.3 Å². The molecule has 2 unspecified atom stereocenters. The zero-order valence-electron chi connectivity index (χ0n) is 13.2. The summed E-state index contributed by atoms with van der Waals surface area (Å²) in [6, 6.07) is 0.280. The Bertz CT molecular complexity index is 568. The molecule has 1 aliphatic heterocycles. The molecule has 1 N–H and O–H groups in total. The number of aromatic nitrogens is 2. The molecular formula is C17H24N4O. The molecule has 2 saturated carbocycles. The SMILES string of the molecule is Cc1nccnc1N1CC(NC(=O)C2CCC2)C(C2CC2)C1. The fourth-order valence-electron chi connectivity index (χ4n) is 3.84. The van der Waals surface area contributed by atoms with E-state index in [1.54, 1.807) is 12.4 Å². The molecule has 0 spiro atoms. The van der Waals surface area contributed by atoms with E-state index in [4.69, 9.17) is 0 Å². The van der Waals surface area contributed by atoms with Gasteiger partial charge in [-0.2, -0.15) is 0 Å². The zero-order valence-corrected chi connectivity index (χ0v) is 13.2. The van der Waals surface area contributed by atoms with Crippen molar-refractivity contribution in [1.29, 1.82) is 0 Å². The summed E-state index contributed by atoms with van der Waals surface area (Å²) in [6.45, 7) is 3.88. The Morgan fingerprint density at radius 1 is 1.18 bits per heavy atom. The van der Waals surface area contributed by atoms with Crippen LogP contribution in [0.4, 0.5) is 5.82 Å². The maximum Gasteiger partial charge on any atom is 0.223 e. The highest BCUT2D eigenvalue weighted by molar-refractivity contribution is 5.79. The van der Waals surface area contributed by atoms with E-state index in [0.29, 0.717) is 5.92 Å². The van der Waals surface area contributed by atoms with Crippen molar-refractivity contribution in [3.8, 4) is 0 Å². The average Bonchev–Trinajstić information content (AvgIpc) is 3.19. The molecular weight excluding hydrogens is 276 g/mol. The Hall–Kier alpha value is -1.65. The number of nitrogens with zero attached hydrogens (tertiary/aromatic N) is 3.